The number of ether oxygens (including phenoxy) is 1. The van der Waals surface area contributed by atoms with Crippen molar-refractivity contribution >= 4 is 40.4 Å². The molecule has 0 aliphatic carbocycles. The van der Waals surface area contributed by atoms with Crippen molar-refractivity contribution in [2.75, 3.05) is 19.0 Å². The largest absolute Gasteiger partial charge is 0.495 e. The smallest absolute Gasteiger partial charge is 0.261 e. The van der Waals surface area contributed by atoms with Gasteiger partial charge in [-0.1, -0.05) is 17.7 Å². The fourth-order valence-electron chi connectivity index (χ4n) is 1.78. The normalized spacial score (nSPS) is 10.1. The molecule has 2 N–H and O–H groups in total. The van der Waals surface area contributed by atoms with Crippen LogP contribution in [0, 0.1) is 6.92 Å². The molecule has 5 nitrogen and oxygen atoms in total. The Bertz CT molecular complexity index is 686. The zero-order valence-electron chi connectivity index (χ0n) is 12.1. The van der Waals surface area contributed by atoms with Gasteiger partial charge >= 0.3 is 0 Å². The second kappa shape index (κ2) is 7.29. The van der Waals surface area contributed by atoms with Crippen molar-refractivity contribution in [3.05, 3.63) is 45.1 Å². The van der Waals surface area contributed by atoms with Crippen molar-refractivity contribution in [2.45, 2.75) is 6.92 Å². The molecule has 2 aromatic rings. The van der Waals surface area contributed by atoms with Crippen LogP contribution in [-0.2, 0) is 4.79 Å². The van der Waals surface area contributed by atoms with E-state index in [9.17, 15) is 9.59 Å². The Morgan fingerprint density at radius 3 is 2.77 bits per heavy atom. The summed E-state index contributed by atoms with van der Waals surface area (Å²) < 4.78 is 5.18. The van der Waals surface area contributed by atoms with Gasteiger partial charge in [0.2, 0.25) is 5.91 Å². The monoisotopic (exact) mass is 338 g/mol. The van der Waals surface area contributed by atoms with Crippen molar-refractivity contribution in [3.8, 4) is 5.75 Å². The highest BCUT2D eigenvalue weighted by Crippen LogP contribution is 2.30. The number of anilines is 1. The fourth-order valence-corrected chi connectivity index (χ4v) is 2.57. The standard InChI is InChI=1S/C15H15ClN2O3S/c1-9-6-11(12(21-2)7-10(9)16)18-14(19)8-17-15(20)13-4-3-5-22-13/h3-7H,8H2,1-2H3,(H,17,20)(H,18,19). The van der Waals surface area contributed by atoms with E-state index in [-0.39, 0.29) is 18.4 Å². The zero-order chi connectivity index (χ0) is 16.1. The maximum atomic E-state index is 11.9. The molecule has 1 aromatic carbocycles. The van der Waals surface area contributed by atoms with Crippen LogP contribution in [0.15, 0.2) is 29.6 Å². The van der Waals surface area contributed by atoms with E-state index in [1.165, 1.54) is 18.4 Å². The molecular weight excluding hydrogens is 324 g/mol. The van der Waals surface area contributed by atoms with E-state index in [2.05, 4.69) is 10.6 Å². The fraction of sp³-hybridized carbons (Fsp3) is 0.200. The molecule has 116 valence electrons. The SMILES string of the molecule is COc1cc(Cl)c(C)cc1NC(=O)CNC(=O)c1cccs1. The quantitative estimate of drug-likeness (QED) is 0.880. The summed E-state index contributed by atoms with van der Waals surface area (Å²) in [5.74, 6) is -0.150. The summed E-state index contributed by atoms with van der Waals surface area (Å²) in [5.41, 5.74) is 1.33. The van der Waals surface area contributed by atoms with E-state index < -0.39 is 0 Å². The summed E-state index contributed by atoms with van der Waals surface area (Å²) in [6, 6.07) is 6.83. The number of methoxy groups -OCH3 is 1. The van der Waals surface area contributed by atoms with Crippen LogP contribution in [0.1, 0.15) is 15.2 Å². The average Bonchev–Trinajstić information content (AvgIpc) is 3.02. The first kappa shape index (κ1) is 16.3. The molecule has 0 fully saturated rings. The van der Waals surface area contributed by atoms with Crippen molar-refractivity contribution in [2.24, 2.45) is 0 Å². The Morgan fingerprint density at radius 1 is 1.36 bits per heavy atom. The molecular formula is C15H15ClN2O3S. The minimum atomic E-state index is -0.343. The number of benzene rings is 1. The van der Waals surface area contributed by atoms with E-state index in [4.69, 9.17) is 16.3 Å². The van der Waals surface area contributed by atoms with Gasteiger partial charge < -0.3 is 15.4 Å². The molecule has 1 heterocycles. The maximum absolute atomic E-state index is 11.9. The second-order valence-corrected chi connectivity index (χ2v) is 5.86. The molecule has 0 saturated carbocycles. The van der Waals surface area contributed by atoms with Gasteiger partial charge in [-0.25, -0.2) is 0 Å². The third-order valence-electron chi connectivity index (χ3n) is 2.91. The minimum Gasteiger partial charge on any atom is -0.495 e. The van der Waals surface area contributed by atoms with Gasteiger partial charge in [0, 0.05) is 11.1 Å². The molecule has 1 aromatic heterocycles. The molecule has 0 spiro atoms. The lowest BCUT2D eigenvalue weighted by atomic mass is 10.2. The van der Waals surface area contributed by atoms with E-state index in [1.54, 1.807) is 29.6 Å². The molecule has 0 aliphatic rings. The number of hydrogen-bond acceptors (Lipinski definition) is 4. The molecule has 0 aliphatic heterocycles. The number of thiophene rings is 1. The number of aryl methyl sites for hydroxylation is 1. The lowest BCUT2D eigenvalue weighted by Crippen LogP contribution is -2.32. The lowest BCUT2D eigenvalue weighted by Gasteiger charge is -2.12. The Hall–Kier alpha value is -2.05. The van der Waals surface area contributed by atoms with Crippen molar-refractivity contribution in [3.63, 3.8) is 0 Å². The molecule has 0 atom stereocenters. The molecule has 2 amide bonds. The predicted molar refractivity (Wildman–Crippen MR) is 88.0 cm³/mol. The summed E-state index contributed by atoms with van der Waals surface area (Å²) in [6.45, 7) is 1.71. The molecule has 0 radical (unpaired) electrons. The third kappa shape index (κ3) is 3.99. The van der Waals surface area contributed by atoms with Gasteiger partial charge in [0.15, 0.2) is 0 Å². The van der Waals surface area contributed by atoms with Crippen LogP contribution in [0.3, 0.4) is 0 Å². The summed E-state index contributed by atoms with van der Waals surface area (Å²) in [7, 11) is 1.50. The Labute approximate surface area is 137 Å². The van der Waals surface area contributed by atoms with Crippen LogP contribution in [-0.4, -0.2) is 25.5 Å². The molecule has 7 heteroatoms. The highest BCUT2D eigenvalue weighted by Gasteiger charge is 2.12. The highest BCUT2D eigenvalue weighted by atomic mass is 35.5. The first-order chi connectivity index (χ1) is 10.5. The van der Waals surface area contributed by atoms with Gasteiger partial charge in [-0.2, -0.15) is 0 Å². The number of carbonyl (C=O) groups is 2. The van der Waals surface area contributed by atoms with Crippen molar-refractivity contribution in [1.82, 2.24) is 5.32 Å². The summed E-state index contributed by atoms with van der Waals surface area (Å²) >= 11 is 7.33. The Balaban J connectivity index is 1.97. The van der Waals surface area contributed by atoms with Crippen LogP contribution in [0.25, 0.3) is 0 Å². The Kier molecular flexibility index (Phi) is 5.41. The second-order valence-electron chi connectivity index (χ2n) is 4.51. The van der Waals surface area contributed by atoms with Gasteiger partial charge in [0.25, 0.3) is 5.91 Å². The first-order valence-electron chi connectivity index (χ1n) is 6.47. The van der Waals surface area contributed by atoms with Gasteiger partial charge in [0.05, 0.1) is 24.2 Å². The van der Waals surface area contributed by atoms with E-state index in [0.29, 0.717) is 21.3 Å². The lowest BCUT2D eigenvalue weighted by molar-refractivity contribution is -0.115. The van der Waals surface area contributed by atoms with Crippen LogP contribution in [0.5, 0.6) is 5.75 Å². The molecule has 2 rings (SSSR count). The Morgan fingerprint density at radius 2 is 2.14 bits per heavy atom. The minimum absolute atomic E-state index is 0.123. The van der Waals surface area contributed by atoms with Crippen LogP contribution >= 0.6 is 22.9 Å². The third-order valence-corrected chi connectivity index (χ3v) is 4.19. The zero-order valence-corrected chi connectivity index (χ0v) is 13.7. The number of carbonyl (C=O) groups excluding carboxylic acids is 2. The van der Waals surface area contributed by atoms with Gasteiger partial charge in [-0.05, 0) is 30.0 Å². The van der Waals surface area contributed by atoms with Crippen molar-refractivity contribution in [1.29, 1.82) is 0 Å². The highest BCUT2D eigenvalue weighted by molar-refractivity contribution is 7.12. The van der Waals surface area contributed by atoms with Gasteiger partial charge in [0.1, 0.15) is 5.75 Å². The van der Waals surface area contributed by atoms with Gasteiger partial charge in [-0.15, -0.1) is 11.3 Å². The summed E-state index contributed by atoms with van der Waals surface area (Å²) in [5, 5.41) is 7.62. The maximum Gasteiger partial charge on any atom is 0.261 e. The number of rotatable bonds is 5. The average molecular weight is 339 g/mol. The molecule has 0 saturated heterocycles. The predicted octanol–water partition coefficient (Wildman–Crippen LogP) is 3.09. The van der Waals surface area contributed by atoms with Crippen LogP contribution < -0.4 is 15.4 Å². The first-order valence-corrected chi connectivity index (χ1v) is 7.72. The van der Waals surface area contributed by atoms with Gasteiger partial charge in [-0.3, -0.25) is 9.59 Å². The van der Waals surface area contributed by atoms with Crippen molar-refractivity contribution < 1.29 is 14.3 Å². The van der Waals surface area contributed by atoms with E-state index in [0.717, 1.165) is 5.56 Å². The topological polar surface area (TPSA) is 67.4 Å². The number of nitrogens with one attached hydrogen (secondary N) is 2. The number of halogens is 1. The molecule has 0 unspecified atom stereocenters. The molecule has 0 bridgehead atoms. The van der Waals surface area contributed by atoms with Crippen LogP contribution in [0.2, 0.25) is 5.02 Å². The molecule has 22 heavy (non-hydrogen) atoms. The summed E-state index contributed by atoms with van der Waals surface area (Å²) in [6.07, 6.45) is 0. The van der Waals surface area contributed by atoms with Crippen LogP contribution in [0.4, 0.5) is 5.69 Å². The van der Waals surface area contributed by atoms with E-state index >= 15 is 0 Å². The number of hydrogen-bond donors (Lipinski definition) is 2. The van der Waals surface area contributed by atoms with E-state index in [1.807, 2.05) is 6.92 Å². The summed E-state index contributed by atoms with van der Waals surface area (Å²) in [4.78, 5) is 24.3. The number of amides is 2.